The number of furan rings is 1. The number of hydrogen-bond donors (Lipinski definition) is 0. The molecule has 2 heterocycles. The van der Waals surface area contributed by atoms with E-state index in [0.717, 1.165) is 11.8 Å². The maximum absolute atomic E-state index is 13.0. The van der Waals surface area contributed by atoms with Crippen LogP contribution >= 0.6 is 11.8 Å². The average molecular weight is 396 g/mol. The summed E-state index contributed by atoms with van der Waals surface area (Å²) in [5.74, 6) is -1.33. The molecule has 0 bridgehead atoms. The Labute approximate surface area is 166 Å². The number of allylic oxidation sites excluding steroid dienone is 1. The maximum Gasteiger partial charge on any atom is 0.173 e. The Kier molecular flexibility index (Phi) is 5.90. The van der Waals surface area contributed by atoms with Gasteiger partial charge in [0.15, 0.2) is 5.78 Å². The fraction of sp³-hybridized carbons (Fsp3) is 0.238. The Morgan fingerprint density at radius 3 is 2.57 bits per heavy atom. The molecule has 0 saturated carbocycles. The number of ketones is 2. The van der Waals surface area contributed by atoms with Crippen LogP contribution in [-0.2, 0) is 4.79 Å². The minimum atomic E-state index is -0.585. The van der Waals surface area contributed by atoms with Gasteiger partial charge >= 0.3 is 0 Å². The highest BCUT2D eigenvalue weighted by Crippen LogP contribution is 2.42. The molecule has 1 unspecified atom stereocenters. The number of nitriles is 1. The molecule has 2 atom stereocenters. The number of thioether (sulfide) groups is 1. The second-order valence-corrected chi connectivity index (χ2v) is 7.35. The third-order valence-corrected chi connectivity index (χ3v) is 5.51. The van der Waals surface area contributed by atoms with Gasteiger partial charge in [-0.05, 0) is 50.2 Å². The lowest BCUT2D eigenvalue weighted by Gasteiger charge is -2.28. The summed E-state index contributed by atoms with van der Waals surface area (Å²) in [4.78, 5) is 29.0. The van der Waals surface area contributed by atoms with Gasteiger partial charge in [-0.2, -0.15) is 5.26 Å². The van der Waals surface area contributed by atoms with Crippen LogP contribution in [0.15, 0.2) is 62.7 Å². The molecule has 0 fully saturated rings. The first-order valence-corrected chi connectivity index (χ1v) is 9.55. The first kappa shape index (κ1) is 19.8. The number of nitrogens with zero attached hydrogens (tertiary/aromatic N) is 2. The maximum atomic E-state index is 13.0. The molecule has 7 heteroatoms. The van der Waals surface area contributed by atoms with Crippen molar-refractivity contribution in [1.82, 2.24) is 0 Å². The normalized spacial score (nSPS) is 19.1. The molecule has 1 aromatic heterocycles. The van der Waals surface area contributed by atoms with Gasteiger partial charge in [-0.15, -0.1) is 0 Å². The standard InChI is InChI=1S/C21H17FN2O3S/c1-12-19(13(2)25)20(18-4-3-9-27-18)16(10-23)21(24-12)28-11-17(26)14-5-7-15(22)8-6-14/h3-9,19-20H,11H2,1-2H3/t19?,20-/m0/s1. The highest BCUT2D eigenvalue weighted by molar-refractivity contribution is 8.03. The Morgan fingerprint density at radius 1 is 1.29 bits per heavy atom. The van der Waals surface area contributed by atoms with E-state index in [1.165, 1.54) is 37.5 Å². The van der Waals surface area contributed by atoms with Crippen molar-refractivity contribution in [1.29, 1.82) is 5.26 Å². The minimum Gasteiger partial charge on any atom is -0.469 e. The summed E-state index contributed by atoms with van der Waals surface area (Å²) in [5.41, 5.74) is 1.26. The molecule has 1 aromatic carbocycles. The van der Waals surface area contributed by atoms with Crippen molar-refractivity contribution in [2.45, 2.75) is 19.8 Å². The molecule has 1 aliphatic rings. The van der Waals surface area contributed by atoms with E-state index in [2.05, 4.69) is 11.1 Å². The van der Waals surface area contributed by atoms with E-state index in [4.69, 9.17) is 4.42 Å². The zero-order chi connectivity index (χ0) is 20.3. The van der Waals surface area contributed by atoms with Crippen molar-refractivity contribution in [2.24, 2.45) is 10.9 Å². The number of Topliss-reactive ketones (excluding diaryl/α,β-unsaturated/α-hetero) is 2. The lowest BCUT2D eigenvalue weighted by molar-refractivity contribution is -0.119. The molecule has 2 aromatic rings. The first-order chi connectivity index (χ1) is 13.4. The molecule has 3 rings (SSSR count). The summed E-state index contributed by atoms with van der Waals surface area (Å²) >= 11 is 1.13. The van der Waals surface area contributed by atoms with Crippen molar-refractivity contribution in [3.63, 3.8) is 0 Å². The molecule has 0 saturated heterocycles. The van der Waals surface area contributed by atoms with Gasteiger partial charge in [-0.3, -0.25) is 9.59 Å². The van der Waals surface area contributed by atoms with Crippen LogP contribution in [0.2, 0.25) is 0 Å². The number of halogens is 1. The number of carbonyl (C=O) groups excluding carboxylic acids is 2. The molecular weight excluding hydrogens is 379 g/mol. The number of carbonyl (C=O) groups is 2. The van der Waals surface area contributed by atoms with Crippen molar-refractivity contribution in [2.75, 3.05) is 5.75 Å². The fourth-order valence-electron chi connectivity index (χ4n) is 3.21. The Balaban J connectivity index is 1.91. The van der Waals surface area contributed by atoms with Gasteiger partial charge in [0.25, 0.3) is 0 Å². The lowest BCUT2D eigenvalue weighted by atomic mass is 9.78. The third kappa shape index (κ3) is 3.97. The number of rotatable bonds is 6. The Morgan fingerprint density at radius 2 is 2.00 bits per heavy atom. The summed E-state index contributed by atoms with van der Waals surface area (Å²) in [5, 5.41) is 10.2. The van der Waals surface area contributed by atoms with Gasteiger partial charge in [0.05, 0.1) is 35.5 Å². The Hall–Kier alpha value is -2.98. The smallest absolute Gasteiger partial charge is 0.173 e. The van der Waals surface area contributed by atoms with Crippen LogP contribution in [0.3, 0.4) is 0 Å². The topological polar surface area (TPSA) is 83.4 Å². The van der Waals surface area contributed by atoms with Crippen molar-refractivity contribution in [3.8, 4) is 6.07 Å². The minimum absolute atomic E-state index is 0.0402. The van der Waals surface area contributed by atoms with Gasteiger partial charge in [-0.25, -0.2) is 9.38 Å². The average Bonchev–Trinajstić information content (AvgIpc) is 3.20. The van der Waals surface area contributed by atoms with Crippen LogP contribution in [0.1, 0.15) is 35.9 Å². The van der Waals surface area contributed by atoms with E-state index < -0.39 is 17.7 Å². The molecule has 28 heavy (non-hydrogen) atoms. The summed E-state index contributed by atoms with van der Waals surface area (Å²) in [7, 11) is 0. The Bertz CT molecular complexity index is 1000. The van der Waals surface area contributed by atoms with Crippen LogP contribution < -0.4 is 0 Å². The predicted octanol–water partition coefficient (Wildman–Crippen LogP) is 4.53. The zero-order valence-electron chi connectivity index (χ0n) is 15.3. The fourth-order valence-corrected chi connectivity index (χ4v) is 4.19. The third-order valence-electron chi connectivity index (χ3n) is 4.52. The van der Waals surface area contributed by atoms with E-state index in [9.17, 15) is 19.2 Å². The molecule has 0 amide bonds. The summed E-state index contributed by atoms with van der Waals surface area (Å²) in [6.45, 7) is 3.20. The van der Waals surface area contributed by atoms with E-state index in [-0.39, 0.29) is 17.3 Å². The summed E-state index contributed by atoms with van der Waals surface area (Å²) in [6, 6.07) is 10.9. The summed E-state index contributed by atoms with van der Waals surface area (Å²) < 4.78 is 18.5. The molecule has 142 valence electrons. The van der Waals surface area contributed by atoms with Gasteiger partial charge < -0.3 is 4.42 Å². The number of benzene rings is 1. The van der Waals surface area contributed by atoms with E-state index in [1.54, 1.807) is 19.1 Å². The summed E-state index contributed by atoms with van der Waals surface area (Å²) in [6.07, 6.45) is 1.49. The van der Waals surface area contributed by atoms with Gasteiger partial charge in [0.2, 0.25) is 0 Å². The van der Waals surface area contributed by atoms with E-state index >= 15 is 0 Å². The van der Waals surface area contributed by atoms with E-state index in [0.29, 0.717) is 27.6 Å². The second kappa shape index (κ2) is 8.36. The molecule has 0 N–H and O–H groups in total. The van der Waals surface area contributed by atoms with Crippen molar-refractivity contribution >= 4 is 29.0 Å². The molecule has 0 spiro atoms. The zero-order valence-corrected chi connectivity index (χ0v) is 16.1. The lowest BCUT2D eigenvalue weighted by Crippen LogP contribution is -2.31. The number of hydrogen-bond acceptors (Lipinski definition) is 6. The molecule has 5 nitrogen and oxygen atoms in total. The first-order valence-electron chi connectivity index (χ1n) is 8.57. The van der Waals surface area contributed by atoms with Crippen LogP contribution in [0.4, 0.5) is 4.39 Å². The van der Waals surface area contributed by atoms with Crippen molar-refractivity contribution < 1.29 is 18.4 Å². The van der Waals surface area contributed by atoms with Crippen LogP contribution in [0.25, 0.3) is 0 Å². The number of aliphatic imine (C=N–C) groups is 1. The van der Waals surface area contributed by atoms with Gasteiger partial charge in [-0.1, -0.05) is 11.8 Å². The van der Waals surface area contributed by atoms with Gasteiger partial charge in [0, 0.05) is 11.3 Å². The van der Waals surface area contributed by atoms with Crippen LogP contribution in [-0.4, -0.2) is 23.0 Å². The quantitative estimate of drug-likeness (QED) is 0.670. The predicted molar refractivity (Wildman–Crippen MR) is 105 cm³/mol. The monoisotopic (exact) mass is 396 g/mol. The van der Waals surface area contributed by atoms with Gasteiger partial charge in [0.1, 0.15) is 22.4 Å². The molecule has 0 aliphatic carbocycles. The highest BCUT2D eigenvalue weighted by atomic mass is 32.2. The highest BCUT2D eigenvalue weighted by Gasteiger charge is 2.39. The van der Waals surface area contributed by atoms with Crippen LogP contribution in [0, 0.1) is 23.1 Å². The largest absolute Gasteiger partial charge is 0.469 e. The van der Waals surface area contributed by atoms with Crippen LogP contribution in [0.5, 0.6) is 0 Å². The molecule has 0 radical (unpaired) electrons. The second-order valence-electron chi connectivity index (χ2n) is 6.38. The molecule has 1 aliphatic heterocycles. The SMILES string of the molecule is CC(=O)C1C(C)=NC(SCC(=O)c2ccc(F)cc2)=C(C#N)[C@H]1c1ccco1. The molecular formula is C21H17FN2O3S. The van der Waals surface area contributed by atoms with Crippen molar-refractivity contribution in [3.05, 3.63) is 70.4 Å². The van der Waals surface area contributed by atoms with E-state index in [1.807, 2.05) is 0 Å².